The number of hydrogen-bond acceptors (Lipinski definition) is 3. The van der Waals surface area contributed by atoms with E-state index in [-0.39, 0.29) is 12.5 Å². The monoisotopic (exact) mass is 386 g/mol. The van der Waals surface area contributed by atoms with E-state index in [1.807, 2.05) is 24.3 Å². The van der Waals surface area contributed by atoms with Crippen LogP contribution in [0.3, 0.4) is 0 Å². The van der Waals surface area contributed by atoms with Gasteiger partial charge in [0.2, 0.25) is 5.91 Å². The Labute approximate surface area is 145 Å². The molecule has 0 aromatic heterocycles. The lowest BCUT2D eigenvalue weighted by Gasteiger charge is -2.14. The first-order valence-corrected chi connectivity index (χ1v) is 9.17. The second kappa shape index (κ2) is 10.5. The Morgan fingerprint density at radius 1 is 1.27 bits per heavy atom. The van der Waals surface area contributed by atoms with Gasteiger partial charge in [-0.2, -0.15) is 11.8 Å². The molecule has 0 saturated carbocycles. The van der Waals surface area contributed by atoms with Crippen LogP contribution >= 0.6 is 27.7 Å². The first kappa shape index (κ1) is 18.8. The number of nitrogens with one attached hydrogen (secondary N) is 2. The predicted octanol–water partition coefficient (Wildman–Crippen LogP) is 1.94. The second-order valence-corrected chi connectivity index (χ2v) is 6.75. The number of likely N-dealkylation sites (N-methyl/N-ethyl adjacent to an activating group) is 1. The molecule has 0 unspecified atom stereocenters. The van der Waals surface area contributed by atoms with Crippen LogP contribution in [0.25, 0.3) is 0 Å². The third kappa shape index (κ3) is 7.70. The van der Waals surface area contributed by atoms with Gasteiger partial charge in [0, 0.05) is 30.9 Å². The largest absolute Gasteiger partial charge is 0.356 e. The maximum Gasteiger partial charge on any atom is 0.241 e. The van der Waals surface area contributed by atoms with Crippen molar-refractivity contribution >= 4 is 39.6 Å². The quantitative estimate of drug-likeness (QED) is 0.427. The lowest BCUT2D eigenvalue weighted by atomic mass is 10.2. The van der Waals surface area contributed by atoms with E-state index >= 15 is 0 Å². The van der Waals surface area contributed by atoms with Crippen molar-refractivity contribution in [2.24, 2.45) is 4.99 Å². The summed E-state index contributed by atoms with van der Waals surface area (Å²) in [5, 5.41) is 6.31. The molecule has 22 heavy (non-hydrogen) atoms. The summed E-state index contributed by atoms with van der Waals surface area (Å²) in [6.45, 7) is 1.61. The zero-order valence-electron chi connectivity index (χ0n) is 13.2. The summed E-state index contributed by atoms with van der Waals surface area (Å²) < 4.78 is 1.05. The summed E-state index contributed by atoms with van der Waals surface area (Å²) in [5.41, 5.74) is 1.12. The van der Waals surface area contributed by atoms with Crippen molar-refractivity contribution in [3.05, 3.63) is 34.3 Å². The van der Waals surface area contributed by atoms with E-state index < -0.39 is 0 Å². The van der Waals surface area contributed by atoms with Gasteiger partial charge < -0.3 is 15.5 Å². The molecule has 0 fully saturated rings. The summed E-state index contributed by atoms with van der Waals surface area (Å²) in [4.78, 5) is 17.7. The number of aliphatic imine (C=N–C) groups is 1. The molecule has 122 valence electrons. The number of nitrogens with zero attached hydrogens (tertiary/aromatic N) is 2. The topological polar surface area (TPSA) is 56.7 Å². The summed E-state index contributed by atoms with van der Waals surface area (Å²) >= 11 is 5.18. The number of carbonyl (C=O) groups excluding carboxylic acids is 1. The van der Waals surface area contributed by atoms with Crippen molar-refractivity contribution in [1.29, 1.82) is 0 Å². The number of benzene rings is 1. The van der Waals surface area contributed by atoms with E-state index in [2.05, 4.69) is 37.8 Å². The molecule has 1 aromatic carbocycles. The molecule has 1 amide bonds. The molecular formula is C15H23BrN4OS. The minimum atomic E-state index is 0.0167. The van der Waals surface area contributed by atoms with E-state index in [9.17, 15) is 4.79 Å². The Kier molecular flexibility index (Phi) is 9.00. The first-order chi connectivity index (χ1) is 10.5. The number of thioether (sulfide) groups is 1. The van der Waals surface area contributed by atoms with E-state index in [0.29, 0.717) is 12.5 Å². The maximum absolute atomic E-state index is 11.7. The van der Waals surface area contributed by atoms with Gasteiger partial charge in [-0.1, -0.05) is 28.1 Å². The molecule has 0 aliphatic heterocycles. The zero-order chi connectivity index (χ0) is 16.4. The van der Waals surface area contributed by atoms with Crippen LogP contribution in [0.1, 0.15) is 5.56 Å². The zero-order valence-corrected chi connectivity index (χ0v) is 15.6. The normalized spacial score (nSPS) is 11.2. The highest BCUT2D eigenvalue weighted by Crippen LogP contribution is 2.10. The van der Waals surface area contributed by atoms with Gasteiger partial charge in [-0.05, 0) is 24.0 Å². The van der Waals surface area contributed by atoms with Gasteiger partial charge in [0.1, 0.15) is 0 Å². The molecule has 1 rings (SSSR count). The number of guanidine groups is 1. The second-order valence-electron chi connectivity index (χ2n) is 4.85. The third-order valence-electron chi connectivity index (χ3n) is 2.84. The summed E-state index contributed by atoms with van der Waals surface area (Å²) in [6.07, 6.45) is 2.06. The molecule has 7 heteroatoms. The fraction of sp³-hybridized carbons (Fsp3) is 0.467. The Balaban J connectivity index is 2.60. The van der Waals surface area contributed by atoms with Crippen LogP contribution < -0.4 is 10.6 Å². The summed E-state index contributed by atoms with van der Waals surface area (Å²) in [5.74, 6) is 1.66. The Bertz CT molecular complexity index is 491. The molecule has 0 spiro atoms. The van der Waals surface area contributed by atoms with Crippen LogP contribution in [0.2, 0.25) is 0 Å². The third-order valence-corrected chi connectivity index (χ3v) is 3.98. The molecule has 0 radical (unpaired) electrons. The van der Waals surface area contributed by atoms with Crippen molar-refractivity contribution in [1.82, 2.24) is 15.5 Å². The molecular weight excluding hydrogens is 364 g/mol. The molecule has 0 bridgehead atoms. The minimum Gasteiger partial charge on any atom is -0.356 e. The number of hydrogen-bond donors (Lipinski definition) is 2. The fourth-order valence-electron chi connectivity index (χ4n) is 1.52. The summed E-state index contributed by atoms with van der Waals surface area (Å²) in [7, 11) is 3.48. The maximum atomic E-state index is 11.7. The van der Waals surface area contributed by atoms with Gasteiger partial charge in [0.05, 0.1) is 13.1 Å². The molecule has 0 heterocycles. The van der Waals surface area contributed by atoms with Crippen molar-refractivity contribution in [2.75, 3.05) is 39.2 Å². The number of amides is 1. The van der Waals surface area contributed by atoms with E-state index in [1.54, 1.807) is 30.8 Å². The average molecular weight is 387 g/mol. The molecule has 0 aliphatic rings. The van der Waals surface area contributed by atoms with Crippen molar-refractivity contribution in [3.8, 4) is 0 Å². The lowest BCUT2D eigenvalue weighted by molar-refractivity contribution is -0.127. The highest BCUT2D eigenvalue weighted by atomic mass is 79.9. The van der Waals surface area contributed by atoms with Crippen LogP contribution in [0.15, 0.2) is 33.7 Å². The fourth-order valence-corrected chi connectivity index (χ4v) is 2.09. The molecule has 0 atom stereocenters. The SMILES string of the molecule is CSCCNC(=NCc1ccc(Br)cc1)NCC(=O)N(C)C. The lowest BCUT2D eigenvalue weighted by Crippen LogP contribution is -2.43. The van der Waals surface area contributed by atoms with Crippen molar-refractivity contribution in [2.45, 2.75) is 6.54 Å². The smallest absolute Gasteiger partial charge is 0.241 e. The van der Waals surface area contributed by atoms with Gasteiger partial charge in [0.25, 0.3) is 0 Å². The van der Waals surface area contributed by atoms with Crippen LogP contribution in [0.4, 0.5) is 0 Å². The first-order valence-electron chi connectivity index (χ1n) is 6.98. The highest BCUT2D eigenvalue weighted by Gasteiger charge is 2.05. The average Bonchev–Trinajstić information content (AvgIpc) is 2.50. The van der Waals surface area contributed by atoms with Gasteiger partial charge in [-0.25, -0.2) is 4.99 Å². The molecule has 2 N–H and O–H groups in total. The highest BCUT2D eigenvalue weighted by molar-refractivity contribution is 9.10. The standard InChI is InChI=1S/C15H23BrN4OS/c1-20(2)14(21)11-19-15(17-8-9-22-3)18-10-12-4-6-13(16)7-5-12/h4-7H,8-11H2,1-3H3,(H2,17,18,19). The minimum absolute atomic E-state index is 0.0167. The van der Waals surface area contributed by atoms with Crippen LogP contribution in [-0.2, 0) is 11.3 Å². The van der Waals surface area contributed by atoms with E-state index in [0.717, 1.165) is 22.3 Å². The van der Waals surface area contributed by atoms with Gasteiger partial charge >= 0.3 is 0 Å². The Morgan fingerprint density at radius 2 is 1.95 bits per heavy atom. The van der Waals surface area contributed by atoms with Gasteiger partial charge in [0.15, 0.2) is 5.96 Å². The molecule has 0 saturated heterocycles. The number of halogens is 1. The molecule has 0 aliphatic carbocycles. The predicted molar refractivity (Wildman–Crippen MR) is 98.4 cm³/mol. The van der Waals surface area contributed by atoms with E-state index in [1.165, 1.54) is 0 Å². The number of carbonyl (C=O) groups is 1. The van der Waals surface area contributed by atoms with Crippen molar-refractivity contribution in [3.63, 3.8) is 0 Å². The molecule has 5 nitrogen and oxygen atoms in total. The number of rotatable bonds is 7. The Morgan fingerprint density at radius 3 is 2.55 bits per heavy atom. The van der Waals surface area contributed by atoms with E-state index in [4.69, 9.17) is 0 Å². The molecule has 1 aromatic rings. The van der Waals surface area contributed by atoms with Crippen molar-refractivity contribution < 1.29 is 4.79 Å². The van der Waals surface area contributed by atoms with Gasteiger partial charge in [-0.15, -0.1) is 0 Å². The Hall–Kier alpha value is -1.21. The summed E-state index contributed by atoms with van der Waals surface area (Å²) in [6, 6.07) is 8.04. The van der Waals surface area contributed by atoms with Crippen LogP contribution in [0, 0.1) is 0 Å². The van der Waals surface area contributed by atoms with Gasteiger partial charge in [-0.3, -0.25) is 4.79 Å². The van der Waals surface area contributed by atoms with Crippen LogP contribution in [0.5, 0.6) is 0 Å². The van der Waals surface area contributed by atoms with Crippen LogP contribution in [-0.4, -0.2) is 56.0 Å².